The van der Waals surface area contributed by atoms with Crippen LogP contribution in [0.3, 0.4) is 0 Å². The molecule has 1 N–H and O–H groups in total. The van der Waals surface area contributed by atoms with Crippen LogP contribution in [0.25, 0.3) is 0 Å². The van der Waals surface area contributed by atoms with E-state index in [4.69, 9.17) is 8.92 Å². The SMILES string of the molecule is CCC(=O)O[C@]1(C(=O)COS(C)(=O)=O)CC[C@H]2[C@@H]3CCC4=CC(=O)C=C[C@]4(C)[C@H]3C(O)C[C@@]21C. The molecule has 4 aliphatic carbocycles. The minimum absolute atomic E-state index is 0.0165. The number of rotatable bonds is 6. The number of esters is 1. The van der Waals surface area contributed by atoms with E-state index in [1.807, 2.05) is 13.0 Å². The Morgan fingerprint density at radius 1 is 1.24 bits per heavy atom. The quantitative estimate of drug-likeness (QED) is 0.441. The molecule has 0 amide bonds. The maximum atomic E-state index is 13.5. The number of allylic oxidation sites excluding steroid dienone is 4. The third-order valence-corrected chi connectivity index (χ3v) is 9.59. The lowest BCUT2D eigenvalue weighted by atomic mass is 9.46. The van der Waals surface area contributed by atoms with E-state index in [-0.39, 0.29) is 42.8 Å². The summed E-state index contributed by atoms with van der Waals surface area (Å²) in [6.07, 6.45) is 7.90. The van der Waals surface area contributed by atoms with Crippen LogP contribution < -0.4 is 0 Å². The molecule has 0 saturated heterocycles. The molecule has 1 unspecified atom stereocenters. The van der Waals surface area contributed by atoms with Gasteiger partial charge in [0.1, 0.15) is 6.61 Å². The molecule has 0 spiro atoms. The van der Waals surface area contributed by atoms with Crippen LogP contribution in [-0.4, -0.2) is 55.6 Å². The number of Topliss-reactive ketones (excluding diaryl/α,β-unsaturated/α-hetero) is 1. The second-order valence-electron chi connectivity index (χ2n) is 10.8. The van der Waals surface area contributed by atoms with Crippen LogP contribution >= 0.6 is 0 Å². The van der Waals surface area contributed by atoms with Gasteiger partial charge < -0.3 is 9.84 Å². The Labute approximate surface area is 200 Å². The Morgan fingerprint density at radius 2 is 1.94 bits per heavy atom. The zero-order valence-electron chi connectivity index (χ0n) is 20.2. The fourth-order valence-electron chi connectivity index (χ4n) is 7.54. The first kappa shape index (κ1) is 25.3. The van der Waals surface area contributed by atoms with Gasteiger partial charge in [0.2, 0.25) is 5.78 Å². The van der Waals surface area contributed by atoms with Crippen molar-refractivity contribution in [3.05, 3.63) is 23.8 Å². The molecule has 8 nitrogen and oxygen atoms in total. The van der Waals surface area contributed by atoms with Gasteiger partial charge in [-0.2, -0.15) is 8.42 Å². The molecule has 7 atom stereocenters. The lowest BCUT2D eigenvalue weighted by molar-refractivity contribution is -0.199. The van der Waals surface area contributed by atoms with E-state index in [0.717, 1.165) is 24.7 Å². The molecule has 0 aliphatic heterocycles. The summed E-state index contributed by atoms with van der Waals surface area (Å²) in [4.78, 5) is 38.0. The highest BCUT2D eigenvalue weighted by Gasteiger charge is 2.70. The second-order valence-corrected chi connectivity index (χ2v) is 12.4. The standard InChI is InChI=1S/C25H34O8S/c1-5-21(29)33-25(20(28)14-32-34(4,30)31)11-9-18-17-7-6-15-12-16(26)8-10-23(15,2)22(17)19(27)13-24(18,25)3/h8,10,12,17-19,22,27H,5-7,9,11,13-14H2,1-4H3/t17-,18-,19?,22+,23-,24-,25-/m0/s1. The van der Waals surface area contributed by atoms with Crippen molar-refractivity contribution >= 4 is 27.7 Å². The number of carbonyl (C=O) groups is 3. The van der Waals surface area contributed by atoms with Gasteiger partial charge in [-0.3, -0.25) is 18.6 Å². The summed E-state index contributed by atoms with van der Waals surface area (Å²) < 4.78 is 33.8. The smallest absolute Gasteiger partial charge is 0.306 e. The molecule has 0 bridgehead atoms. The van der Waals surface area contributed by atoms with E-state index >= 15 is 0 Å². The minimum atomic E-state index is -3.87. The number of aliphatic hydroxyl groups is 1. The lowest BCUT2D eigenvalue weighted by Crippen LogP contribution is -2.63. The molecule has 0 aromatic carbocycles. The first-order chi connectivity index (χ1) is 15.8. The maximum Gasteiger partial charge on any atom is 0.306 e. The van der Waals surface area contributed by atoms with Crippen molar-refractivity contribution in [3.8, 4) is 0 Å². The Hall–Kier alpha value is -1.84. The normalized spacial score (nSPS) is 41.2. The molecule has 0 heterocycles. The average Bonchev–Trinajstić information content (AvgIpc) is 3.04. The topological polar surface area (TPSA) is 124 Å². The fourth-order valence-corrected chi connectivity index (χ4v) is 7.86. The zero-order valence-corrected chi connectivity index (χ0v) is 21.0. The maximum absolute atomic E-state index is 13.5. The van der Waals surface area contributed by atoms with Gasteiger partial charge in [-0.1, -0.05) is 32.4 Å². The monoisotopic (exact) mass is 494 g/mol. The number of fused-ring (bicyclic) bond motifs is 5. The molecule has 0 radical (unpaired) electrons. The van der Waals surface area contributed by atoms with Crippen molar-refractivity contribution in [1.82, 2.24) is 0 Å². The summed E-state index contributed by atoms with van der Waals surface area (Å²) in [5, 5.41) is 11.5. The van der Waals surface area contributed by atoms with Gasteiger partial charge in [0.25, 0.3) is 10.1 Å². The summed E-state index contributed by atoms with van der Waals surface area (Å²) in [6, 6.07) is 0. The Bertz CT molecular complexity index is 1070. The summed E-state index contributed by atoms with van der Waals surface area (Å²) in [7, 11) is -3.87. The highest BCUT2D eigenvalue weighted by atomic mass is 32.2. The molecular formula is C25H34O8S. The molecule has 3 saturated carbocycles. The van der Waals surface area contributed by atoms with Gasteiger partial charge in [-0.25, -0.2) is 0 Å². The Balaban J connectivity index is 1.73. The van der Waals surface area contributed by atoms with E-state index in [1.54, 1.807) is 19.1 Å². The fraction of sp³-hybridized carbons (Fsp3) is 0.720. The van der Waals surface area contributed by atoms with Crippen LogP contribution in [0.2, 0.25) is 0 Å². The molecule has 188 valence electrons. The molecule has 4 aliphatic rings. The van der Waals surface area contributed by atoms with Gasteiger partial charge in [-0.15, -0.1) is 0 Å². The molecule has 0 aromatic rings. The van der Waals surface area contributed by atoms with Gasteiger partial charge in [0, 0.05) is 23.2 Å². The highest BCUT2D eigenvalue weighted by molar-refractivity contribution is 7.86. The predicted octanol–water partition coefficient (Wildman–Crippen LogP) is 2.50. The second kappa shape index (κ2) is 8.38. The minimum Gasteiger partial charge on any atom is -0.450 e. The van der Waals surface area contributed by atoms with Crippen LogP contribution in [0, 0.1) is 28.6 Å². The van der Waals surface area contributed by atoms with E-state index < -0.39 is 51.0 Å². The van der Waals surface area contributed by atoms with Crippen molar-refractivity contribution in [1.29, 1.82) is 0 Å². The largest absolute Gasteiger partial charge is 0.450 e. The lowest BCUT2D eigenvalue weighted by Gasteiger charge is -2.59. The molecular weight excluding hydrogens is 460 g/mol. The number of aliphatic hydroxyl groups excluding tert-OH is 1. The molecule has 9 heteroatoms. The number of carbonyl (C=O) groups excluding carboxylic acids is 3. The summed E-state index contributed by atoms with van der Waals surface area (Å²) in [6.45, 7) is 4.88. The predicted molar refractivity (Wildman–Crippen MR) is 123 cm³/mol. The van der Waals surface area contributed by atoms with Crippen LogP contribution in [-0.2, 0) is 33.4 Å². The van der Waals surface area contributed by atoms with Crippen molar-refractivity contribution in [2.75, 3.05) is 12.9 Å². The number of hydrogen-bond donors (Lipinski definition) is 1. The summed E-state index contributed by atoms with van der Waals surface area (Å²) >= 11 is 0. The van der Waals surface area contributed by atoms with Crippen LogP contribution in [0.15, 0.2) is 23.8 Å². The van der Waals surface area contributed by atoms with Gasteiger partial charge in [0.15, 0.2) is 11.4 Å². The molecule has 3 fully saturated rings. The third-order valence-electron chi connectivity index (χ3n) is 9.05. The van der Waals surface area contributed by atoms with Crippen molar-refractivity contribution < 1.29 is 36.8 Å². The van der Waals surface area contributed by atoms with E-state index in [1.165, 1.54) is 0 Å². The van der Waals surface area contributed by atoms with E-state index in [9.17, 15) is 27.9 Å². The summed E-state index contributed by atoms with van der Waals surface area (Å²) in [5.74, 6) is -1.25. The molecule has 4 rings (SSSR count). The molecule has 0 aromatic heterocycles. The summed E-state index contributed by atoms with van der Waals surface area (Å²) in [5.41, 5.74) is -1.85. The average molecular weight is 495 g/mol. The Kier molecular flexibility index (Phi) is 6.23. The first-order valence-electron chi connectivity index (χ1n) is 12.0. The van der Waals surface area contributed by atoms with Crippen molar-refractivity contribution in [2.45, 2.75) is 71.0 Å². The number of ether oxygens (including phenoxy) is 1. The number of hydrogen-bond acceptors (Lipinski definition) is 8. The Morgan fingerprint density at radius 3 is 2.59 bits per heavy atom. The van der Waals surface area contributed by atoms with Crippen molar-refractivity contribution in [2.24, 2.45) is 28.6 Å². The highest BCUT2D eigenvalue weighted by Crippen LogP contribution is 2.67. The van der Waals surface area contributed by atoms with Crippen LogP contribution in [0.1, 0.15) is 59.3 Å². The van der Waals surface area contributed by atoms with E-state index in [0.29, 0.717) is 6.42 Å². The van der Waals surface area contributed by atoms with Gasteiger partial charge in [-0.05, 0) is 56.1 Å². The van der Waals surface area contributed by atoms with Crippen LogP contribution in [0.5, 0.6) is 0 Å². The third kappa shape index (κ3) is 3.80. The van der Waals surface area contributed by atoms with Gasteiger partial charge in [0.05, 0.1) is 12.4 Å². The van der Waals surface area contributed by atoms with Crippen molar-refractivity contribution in [3.63, 3.8) is 0 Å². The molecule has 34 heavy (non-hydrogen) atoms. The van der Waals surface area contributed by atoms with Gasteiger partial charge >= 0.3 is 5.97 Å². The zero-order chi connectivity index (χ0) is 25.1. The number of ketones is 2. The van der Waals surface area contributed by atoms with Crippen LogP contribution in [0.4, 0.5) is 0 Å². The first-order valence-corrected chi connectivity index (χ1v) is 13.8. The van der Waals surface area contributed by atoms with E-state index in [2.05, 4.69) is 6.92 Å².